The lowest BCUT2D eigenvalue weighted by molar-refractivity contribution is -0.0471. The predicted octanol–water partition coefficient (Wildman–Crippen LogP) is 3.96. The number of unbranched alkanes of at least 4 members (excludes halogenated alkanes) is 1. The Morgan fingerprint density at radius 1 is 0.882 bits per heavy atom. The van der Waals surface area contributed by atoms with Gasteiger partial charge in [0, 0.05) is 0 Å². The molecule has 0 rings (SSSR count). The van der Waals surface area contributed by atoms with E-state index in [4.69, 9.17) is 10.2 Å². The van der Waals surface area contributed by atoms with Gasteiger partial charge in [-0.15, -0.1) is 0 Å². The van der Waals surface area contributed by atoms with Crippen molar-refractivity contribution in [3.8, 4) is 0 Å². The van der Waals surface area contributed by atoms with Gasteiger partial charge < -0.3 is 10.2 Å². The summed E-state index contributed by atoms with van der Waals surface area (Å²) in [5, 5.41) is 17.7. The van der Waals surface area contributed by atoms with Crippen molar-refractivity contribution in [2.45, 2.75) is 79.4 Å². The molecule has 0 bridgehead atoms. The van der Waals surface area contributed by atoms with Crippen LogP contribution >= 0.6 is 0 Å². The van der Waals surface area contributed by atoms with E-state index in [1.54, 1.807) is 0 Å². The van der Waals surface area contributed by atoms with Gasteiger partial charge in [0.1, 0.15) is 0 Å². The van der Waals surface area contributed by atoms with Gasteiger partial charge in [0.15, 0.2) is 6.29 Å². The number of rotatable bonds is 9. The number of hydrogen-bond donors (Lipinski definition) is 2. The minimum absolute atomic E-state index is 0.419. The zero-order valence-corrected chi connectivity index (χ0v) is 12.4. The van der Waals surface area contributed by atoms with Gasteiger partial charge in [0.05, 0.1) is 0 Å². The van der Waals surface area contributed by atoms with Crippen molar-refractivity contribution in [3.63, 3.8) is 0 Å². The highest BCUT2D eigenvalue weighted by molar-refractivity contribution is 4.77. The SMILES string of the molecule is CC(C)CC(C)(CCCCC(O)O)CC(C)C. The second-order valence-corrected chi connectivity index (χ2v) is 6.73. The molecule has 0 aliphatic rings. The predicted molar refractivity (Wildman–Crippen MR) is 73.7 cm³/mol. The third-order valence-electron chi connectivity index (χ3n) is 3.29. The first-order chi connectivity index (χ1) is 7.75. The van der Waals surface area contributed by atoms with Crippen LogP contribution in [0, 0.1) is 17.3 Å². The molecule has 0 aliphatic carbocycles. The lowest BCUT2D eigenvalue weighted by atomic mass is 9.72. The highest BCUT2D eigenvalue weighted by Gasteiger charge is 2.25. The zero-order chi connectivity index (χ0) is 13.5. The fourth-order valence-corrected chi connectivity index (χ4v) is 3.14. The van der Waals surface area contributed by atoms with Crippen LogP contribution in [-0.2, 0) is 0 Å². The summed E-state index contributed by atoms with van der Waals surface area (Å²) < 4.78 is 0. The van der Waals surface area contributed by atoms with Crippen LogP contribution in [0.4, 0.5) is 0 Å². The van der Waals surface area contributed by atoms with Gasteiger partial charge in [-0.2, -0.15) is 0 Å². The first-order valence-electron chi connectivity index (χ1n) is 7.11. The largest absolute Gasteiger partial charge is 0.368 e. The Morgan fingerprint density at radius 2 is 1.35 bits per heavy atom. The molecule has 0 aromatic carbocycles. The number of aliphatic hydroxyl groups excluding tert-OH is 1. The molecule has 17 heavy (non-hydrogen) atoms. The van der Waals surface area contributed by atoms with E-state index in [-0.39, 0.29) is 0 Å². The Bertz CT molecular complexity index is 175. The van der Waals surface area contributed by atoms with Crippen molar-refractivity contribution in [2.24, 2.45) is 17.3 Å². The molecule has 0 aromatic heterocycles. The summed E-state index contributed by atoms with van der Waals surface area (Å²) in [6.45, 7) is 11.5. The second kappa shape index (κ2) is 8.10. The van der Waals surface area contributed by atoms with Crippen LogP contribution in [0.2, 0.25) is 0 Å². The Morgan fingerprint density at radius 3 is 1.71 bits per heavy atom. The van der Waals surface area contributed by atoms with E-state index in [0.717, 1.165) is 24.7 Å². The average Bonchev–Trinajstić information content (AvgIpc) is 2.09. The molecule has 0 aromatic rings. The molecule has 0 spiro atoms. The summed E-state index contributed by atoms with van der Waals surface area (Å²) in [5.41, 5.74) is 0.419. The van der Waals surface area contributed by atoms with Crippen molar-refractivity contribution in [1.82, 2.24) is 0 Å². The second-order valence-electron chi connectivity index (χ2n) is 6.73. The molecule has 0 saturated carbocycles. The molecule has 2 N–H and O–H groups in total. The normalized spacial score (nSPS) is 13.1. The summed E-state index contributed by atoms with van der Waals surface area (Å²) in [5.74, 6) is 1.48. The van der Waals surface area contributed by atoms with E-state index in [1.807, 2.05) is 0 Å². The van der Waals surface area contributed by atoms with Crippen LogP contribution in [0.15, 0.2) is 0 Å². The highest BCUT2D eigenvalue weighted by Crippen LogP contribution is 2.38. The molecule has 0 radical (unpaired) electrons. The van der Waals surface area contributed by atoms with Crippen molar-refractivity contribution in [2.75, 3.05) is 0 Å². The van der Waals surface area contributed by atoms with Crippen LogP contribution < -0.4 is 0 Å². The van der Waals surface area contributed by atoms with Gasteiger partial charge in [-0.1, -0.05) is 41.0 Å². The van der Waals surface area contributed by atoms with Gasteiger partial charge >= 0.3 is 0 Å². The molecule has 0 amide bonds. The van der Waals surface area contributed by atoms with Crippen LogP contribution in [0.5, 0.6) is 0 Å². The smallest absolute Gasteiger partial charge is 0.151 e. The maximum atomic E-state index is 8.83. The summed E-state index contributed by atoms with van der Waals surface area (Å²) in [4.78, 5) is 0. The highest BCUT2D eigenvalue weighted by atomic mass is 16.5. The first kappa shape index (κ1) is 16.9. The standard InChI is InChI=1S/C15H32O2/c1-12(2)10-15(5,11-13(3)4)9-7-6-8-14(16)17/h12-14,16-17H,6-11H2,1-5H3. The quantitative estimate of drug-likeness (QED) is 0.476. The molecule has 104 valence electrons. The topological polar surface area (TPSA) is 40.5 Å². The lowest BCUT2D eigenvalue weighted by Gasteiger charge is -2.33. The van der Waals surface area contributed by atoms with Crippen molar-refractivity contribution >= 4 is 0 Å². The van der Waals surface area contributed by atoms with E-state index < -0.39 is 6.29 Å². The van der Waals surface area contributed by atoms with Gasteiger partial charge in [0.2, 0.25) is 0 Å². The Labute approximate surface area is 107 Å². The summed E-state index contributed by atoms with van der Waals surface area (Å²) in [6, 6.07) is 0. The molecule has 0 aliphatic heterocycles. The van der Waals surface area contributed by atoms with Crippen LogP contribution in [-0.4, -0.2) is 16.5 Å². The fraction of sp³-hybridized carbons (Fsp3) is 1.00. The minimum Gasteiger partial charge on any atom is -0.368 e. The third-order valence-corrected chi connectivity index (χ3v) is 3.29. The molecular weight excluding hydrogens is 212 g/mol. The lowest BCUT2D eigenvalue weighted by Crippen LogP contribution is -2.21. The molecule has 2 nitrogen and oxygen atoms in total. The molecule has 0 heterocycles. The maximum Gasteiger partial charge on any atom is 0.151 e. The van der Waals surface area contributed by atoms with Gasteiger partial charge in [0.25, 0.3) is 0 Å². The fourth-order valence-electron chi connectivity index (χ4n) is 3.14. The molecule has 0 unspecified atom stereocenters. The molecule has 0 fully saturated rings. The monoisotopic (exact) mass is 244 g/mol. The van der Waals surface area contributed by atoms with E-state index >= 15 is 0 Å². The molecule has 0 atom stereocenters. The minimum atomic E-state index is -1.13. The Hall–Kier alpha value is -0.0800. The van der Waals surface area contributed by atoms with E-state index in [1.165, 1.54) is 19.3 Å². The first-order valence-corrected chi connectivity index (χ1v) is 7.11. The van der Waals surface area contributed by atoms with Crippen molar-refractivity contribution in [1.29, 1.82) is 0 Å². The Kier molecular flexibility index (Phi) is 8.06. The van der Waals surface area contributed by atoms with Crippen molar-refractivity contribution in [3.05, 3.63) is 0 Å². The molecular formula is C15H32O2. The van der Waals surface area contributed by atoms with Crippen LogP contribution in [0.1, 0.15) is 73.1 Å². The van der Waals surface area contributed by atoms with E-state index in [0.29, 0.717) is 11.8 Å². The van der Waals surface area contributed by atoms with Crippen molar-refractivity contribution < 1.29 is 10.2 Å². The average molecular weight is 244 g/mol. The van der Waals surface area contributed by atoms with Gasteiger partial charge in [-0.25, -0.2) is 0 Å². The number of hydrogen-bond acceptors (Lipinski definition) is 2. The van der Waals surface area contributed by atoms with Gasteiger partial charge in [-0.05, 0) is 49.4 Å². The Balaban J connectivity index is 4.09. The van der Waals surface area contributed by atoms with Crippen LogP contribution in [0.3, 0.4) is 0 Å². The summed E-state index contributed by atoms with van der Waals surface area (Å²) >= 11 is 0. The third kappa shape index (κ3) is 9.61. The summed E-state index contributed by atoms with van der Waals surface area (Å²) in [6.07, 6.45) is 5.16. The van der Waals surface area contributed by atoms with Crippen LogP contribution in [0.25, 0.3) is 0 Å². The molecule has 0 saturated heterocycles. The number of aliphatic hydroxyl groups is 2. The van der Waals surface area contributed by atoms with E-state index in [9.17, 15) is 0 Å². The molecule has 2 heteroatoms. The van der Waals surface area contributed by atoms with Gasteiger partial charge in [-0.3, -0.25) is 0 Å². The van der Waals surface area contributed by atoms with E-state index in [2.05, 4.69) is 34.6 Å². The maximum absolute atomic E-state index is 8.83. The zero-order valence-electron chi connectivity index (χ0n) is 12.4. The summed E-state index contributed by atoms with van der Waals surface area (Å²) in [7, 11) is 0.